The van der Waals surface area contributed by atoms with Gasteiger partial charge in [-0.2, -0.15) is 0 Å². The summed E-state index contributed by atoms with van der Waals surface area (Å²) in [5.41, 5.74) is 0.785. The number of fused-ring (bicyclic) bond motifs is 1. The van der Waals surface area contributed by atoms with Crippen molar-refractivity contribution in [2.45, 2.75) is 91.5 Å². The fourth-order valence-electron chi connectivity index (χ4n) is 5.08. The number of ether oxygens (including phenoxy) is 2. The molecule has 0 unspecified atom stereocenters. The third-order valence-corrected chi connectivity index (χ3v) is 7.35. The highest BCUT2D eigenvalue weighted by Crippen LogP contribution is 2.45. The van der Waals surface area contributed by atoms with Gasteiger partial charge in [0.05, 0.1) is 17.9 Å². The van der Waals surface area contributed by atoms with Crippen molar-refractivity contribution < 1.29 is 24.2 Å². The number of allylic oxidation sites excluding steroid dienone is 3. The summed E-state index contributed by atoms with van der Waals surface area (Å²) in [5, 5.41) is 9.92. The summed E-state index contributed by atoms with van der Waals surface area (Å²) in [5.74, 6) is 0.776. The number of hydrogen-bond acceptors (Lipinski definition) is 5. The SMILES string of the molecule is CCC(C)(C)C(=O)O[C@@H]1C[C@H](C)C=C2C=C[C@H](C)[C@H](CC[C@@H]3C[C@H](O)CC(=O)O3)[C@@H]21. The Bertz CT molecular complexity index is 706. The van der Waals surface area contributed by atoms with Gasteiger partial charge in [0, 0.05) is 12.3 Å². The van der Waals surface area contributed by atoms with E-state index in [1.54, 1.807) is 0 Å². The molecule has 30 heavy (non-hydrogen) atoms. The number of rotatable bonds is 6. The molecule has 7 atom stereocenters. The zero-order valence-electron chi connectivity index (χ0n) is 19.1. The molecule has 5 heteroatoms. The van der Waals surface area contributed by atoms with Gasteiger partial charge >= 0.3 is 11.9 Å². The van der Waals surface area contributed by atoms with Crippen molar-refractivity contribution in [1.29, 1.82) is 0 Å². The molecule has 0 spiro atoms. The molecule has 1 N–H and O–H groups in total. The number of carbonyl (C=O) groups is 2. The van der Waals surface area contributed by atoms with Crippen LogP contribution < -0.4 is 0 Å². The molecule has 5 nitrogen and oxygen atoms in total. The molecule has 3 aliphatic rings. The molecule has 3 rings (SSSR count). The predicted octanol–water partition coefficient (Wildman–Crippen LogP) is 4.59. The molecule has 0 bridgehead atoms. The van der Waals surface area contributed by atoms with Crippen LogP contribution in [0.5, 0.6) is 0 Å². The van der Waals surface area contributed by atoms with Crippen LogP contribution >= 0.6 is 0 Å². The van der Waals surface area contributed by atoms with E-state index in [1.165, 1.54) is 5.57 Å². The minimum atomic E-state index is -0.601. The first kappa shape index (κ1) is 23.1. The molecule has 168 valence electrons. The summed E-state index contributed by atoms with van der Waals surface area (Å²) < 4.78 is 11.6. The van der Waals surface area contributed by atoms with E-state index in [9.17, 15) is 14.7 Å². The monoisotopic (exact) mass is 418 g/mol. The number of aliphatic hydroxyl groups is 1. The molecule has 0 radical (unpaired) electrons. The summed E-state index contributed by atoms with van der Waals surface area (Å²) in [7, 11) is 0. The third-order valence-electron chi connectivity index (χ3n) is 7.35. The first-order valence-corrected chi connectivity index (χ1v) is 11.6. The Morgan fingerprint density at radius 2 is 2.00 bits per heavy atom. The van der Waals surface area contributed by atoms with Crippen LogP contribution in [0.2, 0.25) is 0 Å². The highest BCUT2D eigenvalue weighted by Gasteiger charge is 2.43. The third kappa shape index (κ3) is 5.16. The van der Waals surface area contributed by atoms with Crippen molar-refractivity contribution in [3.8, 4) is 0 Å². The summed E-state index contributed by atoms with van der Waals surface area (Å²) in [6.45, 7) is 10.3. The molecule has 0 aromatic heterocycles. The second kappa shape index (κ2) is 9.25. The Morgan fingerprint density at radius 3 is 2.67 bits per heavy atom. The predicted molar refractivity (Wildman–Crippen MR) is 115 cm³/mol. The lowest BCUT2D eigenvalue weighted by molar-refractivity contribution is -0.166. The standard InChI is InChI=1S/C25H38O5/c1-6-25(4,5)24(28)30-21-12-15(2)11-17-8-7-16(3)20(23(17)21)10-9-19-13-18(26)14-22(27)29-19/h7-8,11,15-16,18-21,23,26H,6,9-10,12-14H2,1-5H3/t15-,16+,18+,19-,20+,21-,23-/m1/s1. The van der Waals surface area contributed by atoms with Gasteiger partial charge in [0.2, 0.25) is 0 Å². The van der Waals surface area contributed by atoms with E-state index in [2.05, 4.69) is 32.1 Å². The number of cyclic esters (lactones) is 1. The van der Waals surface area contributed by atoms with Crippen molar-refractivity contribution in [2.24, 2.45) is 29.1 Å². The summed E-state index contributed by atoms with van der Waals surface area (Å²) >= 11 is 0. The topological polar surface area (TPSA) is 72.8 Å². The van der Waals surface area contributed by atoms with Gasteiger partial charge in [-0.15, -0.1) is 0 Å². The highest BCUT2D eigenvalue weighted by atomic mass is 16.6. The largest absolute Gasteiger partial charge is 0.462 e. The zero-order valence-corrected chi connectivity index (χ0v) is 19.1. The van der Waals surface area contributed by atoms with E-state index in [0.29, 0.717) is 24.2 Å². The van der Waals surface area contributed by atoms with Crippen LogP contribution in [0, 0.1) is 29.1 Å². The molecule has 0 amide bonds. The van der Waals surface area contributed by atoms with Gasteiger partial charge in [0.15, 0.2) is 0 Å². The molecule has 1 heterocycles. The number of aliphatic hydroxyl groups excluding tert-OH is 1. The average Bonchev–Trinajstić information content (AvgIpc) is 2.66. The lowest BCUT2D eigenvalue weighted by Crippen LogP contribution is -2.43. The summed E-state index contributed by atoms with van der Waals surface area (Å²) in [4.78, 5) is 24.6. The van der Waals surface area contributed by atoms with Crippen molar-refractivity contribution in [1.82, 2.24) is 0 Å². The van der Waals surface area contributed by atoms with Crippen LogP contribution in [0.4, 0.5) is 0 Å². The Kier molecular flexibility index (Phi) is 7.11. The van der Waals surface area contributed by atoms with Crippen LogP contribution in [0.3, 0.4) is 0 Å². The van der Waals surface area contributed by atoms with Gasteiger partial charge in [0.25, 0.3) is 0 Å². The Balaban J connectivity index is 1.76. The van der Waals surface area contributed by atoms with E-state index in [1.807, 2.05) is 20.8 Å². The zero-order chi connectivity index (χ0) is 22.1. The first-order valence-electron chi connectivity index (χ1n) is 11.6. The number of carbonyl (C=O) groups excluding carboxylic acids is 2. The molecule has 1 aliphatic heterocycles. The quantitative estimate of drug-likeness (QED) is 0.639. The maximum absolute atomic E-state index is 12.9. The van der Waals surface area contributed by atoms with E-state index < -0.39 is 11.5 Å². The van der Waals surface area contributed by atoms with Gasteiger partial charge in [-0.25, -0.2) is 0 Å². The van der Waals surface area contributed by atoms with Gasteiger partial charge in [-0.05, 0) is 62.9 Å². The van der Waals surface area contributed by atoms with Crippen LogP contribution in [0.15, 0.2) is 23.8 Å². The lowest BCUT2D eigenvalue weighted by Gasteiger charge is -2.44. The molecule has 0 saturated carbocycles. The van der Waals surface area contributed by atoms with Crippen LogP contribution in [-0.2, 0) is 19.1 Å². The van der Waals surface area contributed by atoms with E-state index in [-0.39, 0.29) is 36.5 Å². The fourth-order valence-corrected chi connectivity index (χ4v) is 5.08. The van der Waals surface area contributed by atoms with Gasteiger partial charge in [-0.3, -0.25) is 9.59 Å². The van der Waals surface area contributed by atoms with Crippen molar-refractivity contribution in [3.05, 3.63) is 23.8 Å². The second-order valence-electron chi connectivity index (χ2n) is 10.3. The van der Waals surface area contributed by atoms with Gasteiger partial charge in [-0.1, -0.05) is 39.0 Å². The van der Waals surface area contributed by atoms with Crippen molar-refractivity contribution in [3.63, 3.8) is 0 Å². The van der Waals surface area contributed by atoms with E-state index >= 15 is 0 Å². The average molecular weight is 419 g/mol. The Morgan fingerprint density at radius 1 is 1.27 bits per heavy atom. The van der Waals surface area contributed by atoms with Gasteiger partial charge in [0.1, 0.15) is 12.2 Å². The smallest absolute Gasteiger partial charge is 0.311 e. The van der Waals surface area contributed by atoms with E-state index in [4.69, 9.17) is 9.47 Å². The van der Waals surface area contributed by atoms with Crippen molar-refractivity contribution in [2.75, 3.05) is 0 Å². The number of esters is 2. The molecule has 2 aliphatic carbocycles. The molecule has 1 fully saturated rings. The summed E-state index contributed by atoms with van der Waals surface area (Å²) in [6, 6.07) is 0. The number of hydrogen-bond donors (Lipinski definition) is 1. The molecule has 0 aromatic carbocycles. The summed E-state index contributed by atoms with van der Waals surface area (Å²) in [6.07, 6.45) is 9.61. The first-order chi connectivity index (χ1) is 14.1. The fraction of sp³-hybridized carbons (Fsp3) is 0.760. The van der Waals surface area contributed by atoms with Crippen LogP contribution in [-0.4, -0.2) is 35.4 Å². The second-order valence-corrected chi connectivity index (χ2v) is 10.3. The normalized spacial score (nSPS) is 36.5. The van der Waals surface area contributed by atoms with Crippen LogP contribution in [0.1, 0.15) is 73.1 Å². The molecule has 0 aromatic rings. The Hall–Kier alpha value is -1.62. The maximum atomic E-state index is 12.9. The van der Waals surface area contributed by atoms with Crippen LogP contribution in [0.25, 0.3) is 0 Å². The molecular formula is C25H38O5. The molecule has 1 saturated heterocycles. The Labute approximate surface area is 180 Å². The molecular weight excluding hydrogens is 380 g/mol. The van der Waals surface area contributed by atoms with Crippen molar-refractivity contribution >= 4 is 11.9 Å². The minimum absolute atomic E-state index is 0.0949. The maximum Gasteiger partial charge on any atom is 0.311 e. The van der Waals surface area contributed by atoms with Gasteiger partial charge < -0.3 is 14.6 Å². The van der Waals surface area contributed by atoms with E-state index in [0.717, 1.165) is 25.7 Å². The minimum Gasteiger partial charge on any atom is -0.462 e. The lowest BCUT2D eigenvalue weighted by atomic mass is 9.65. The highest BCUT2D eigenvalue weighted by molar-refractivity contribution is 5.76.